The number of oxime groups is 1. The molecule has 0 N–H and O–H groups in total. The van der Waals surface area contributed by atoms with Crippen molar-refractivity contribution in [1.82, 2.24) is 0 Å². The summed E-state index contributed by atoms with van der Waals surface area (Å²) in [5.41, 5.74) is 0.0569. The van der Waals surface area contributed by atoms with Crippen LogP contribution >= 0.6 is 11.6 Å². The van der Waals surface area contributed by atoms with Gasteiger partial charge in [0.25, 0.3) is 5.90 Å². The van der Waals surface area contributed by atoms with E-state index in [1.165, 1.54) is 14.2 Å². The molecule has 7 heteroatoms. The second kappa shape index (κ2) is 8.94. The zero-order valence-electron chi connectivity index (χ0n) is 14.1. The Morgan fingerprint density at radius 1 is 1.08 bits per heavy atom. The second-order valence-electron chi connectivity index (χ2n) is 4.87. The van der Waals surface area contributed by atoms with Gasteiger partial charge in [-0.2, -0.15) is 0 Å². The Hall–Kier alpha value is -2.73. The van der Waals surface area contributed by atoms with E-state index in [1.54, 1.807) is 55.5 Å². The number of carbonyl (C=O) groups excluding carboxylic acids is 1. The maximum Gasteiger partial charge on any atom is 0.344 e. The first-order valence-electron chi connectivity index (χ1n) is 7.42. The molecule has 6 nitrogen and oxygen atoms in total. The van der Waals surface area contributed by atoms with Crippen LogP contribution in [-0.2, 0) is 9.57 Å². The van der Waals surface area contributed by atoms with E-state index in [1.807, 2.05) is 0 Å². The molecule has 0 heterocycles. The van der Waals surface area contributed by atoms with Gasteiger partial charge < -0.3 is 19.0 Å². The SMILES string of the molecule is COc1ccc(OC)c(/C(=N/OC(C)Cl)OC(=O)c2ccccc2)c1. The van der Waals surface area contributed by atoms with Gasteiger partial charge in [0.1, 0.15) is 11.5 Å². The topological polar surface area (TPSA) is 66.3 Å². The van der Waals surface area contributed by atoms with Crippen LogP contribution in [0.5, 0.6) is 11.5 Å². The Kier molecular flexibility index (Phi) is 6.65. The van der Waals surface area contributed by atoms with Gasteiger partial charge in [0, 0.05) is 0 Å². The summed E-state index contributed by atoms with van der Waals surface area (Å²) in [5, 5.41) is 3.85. The lowest BCUT2D eigenvalue weighted by Crippen LogP contribution is -2.16. The van der Waals surface area contributed by atoms with Crippen molar-refractivity contribution in [3.05, 3.63) is 59.7 Å². The van der Waals surface area contributed by atoms with Gasteiger partial charge in [-0.3, -0.25) is 0 Å². The van der Waals surface area contributed by atoms with E-state index >= 15 is 0 Å². The van der Waals surface area contributed by atoms with Crippen LogP contribution in [0.3, 0.4) is 0 Å². The van der Waals surface area contributed by atoms with Gasteiger partial charge in [0.15, 0.2) is 5.56 Å². The monoisotopic (exact) mass is 363 g/mol. The van der Waals surface area contributed by atoms with Crippen LogP contribution < -0.4 is 9.47 Å². The number of esters is 1. The van der Waals surface area contributed by atoms with Crippen molar-refractivity contribution in [2.45, 2.75) is 12.5 Å². The molecule has 25 heavy (non-hydrogen) atoms. The molecule has 0 bridgehead atoms. The Labute approximate surface area is 150 Å². The van der Waals surface area contributed by atoms with Crippen molar-refractivity contribution in [1.29, 1.82) is 0 Å². The van der Waals surface area contributed by atoms with Crippen LogP contribution in [0.4, 0.5) is 0 Å². The average molecular weight is 364 g/mol. The van der Waals surface area contributed by atoms with Gasteiger partial charge in [-0.1, -0.05) is 29.8 Å². The molecule has 1 atom stereocenters. The van der Waals surface area contributed by atoms with Crippen LogP contribution in [0.25, 0.3) is 0 Å². The number of ether oxygens (including phenoxy) is 3. The highest BCUT2D eigenvalue weighted by atomic mass is 35.5. The molecule has 2 aromatic rings. The van der Waals surface area contributed by atoms with Gasteiger partial charge in [-0.25, -0.2) is 4.79 Å². The van der Waals surface area contributed by atoms with E-state index in [9.17, 15) is 4.79 Å². The molecule has 0 spiro atoms. The van der Waals surface area contributed by atoms with E-state index in [0.717, 1.165) is 0 Å². The number of nitrogens with zero attached hydrogens (tertiary/aromatic N) is 1. The van der Waals surface area contributed by atoms with Crippen molar-refractivity contribution in [2.24, 2.45) is 5.16 Å². The normalized spacial score (nSPS) is 12.2. The third-order valence-corrected chi connectivity index (χ3v) is 3.20. The van der Waals surface area contributed by atoms with Gasteiger partial charge >= 0.3 is 5.97 Å². The molecule has 0 saturated carbocycles. The first kappa shape index (κ1) is 18.6. The third-order valence-electron chi connectivity index (χ3n) is 3.12. The quantitative estimate of drug-likeness (QED) is 0.256. The smallest absolute Gasteiger partial charge is 0.344 e. The fourth-order valence-electron chi connectivity index (χ4n) is 1.95. The van der Waals surface area contributed by atoms with E-state index in [2.05, 4.69) is 5.16 Å². The number of hydrogen-bond donors (Lipinski definition) is 0. The molecule has 2 rings (SSSR count). The average Bonchev–Trinajstić information content (AvgIpc) is 2.64. The van der Waals surface area contributed by atoms with Crippen molar-refractivity contribution in [3.63, 3.8) is 0 Å². The molecular formula is C18H18ClNO5. The standard InChI is InChI=1S/C18H18ClNO5/c1-12(19)25-20-17(24-18(21)13-7-5-4-6-8-13)15-11-14(22-2)9-10-16(15)23-3/h4-12H,1-3H3/b20-17-. The summed E-state index contributed by atoms with van der Waals surface area (Å²) in [6, 6.07) is 13.5. The Morgan fingerprint density at radius 3 is 2.40 bits per heavy atom. The zero-order valence-corrected chi connectivity index (χ0v) is 14.8. The van der Waals surface area contributed by atoms with Crippen LogP contribution in [-0.4, -0.2) is 31.6 Å². The lowest BCUT2D eigenvalue weighted by Gasteiger charge is -2.13. The van der Waals surface area contributed by atoms with E-state index in [4.69, 9.17) is 30.6 Å². The Bertz CT molecular complexity index is 746. The molecule has 132 valence electrons. The molecular weight excluding hydrogens is 346 g/mol. The number of alkyl halides is 1. The number of benzene rings is 2. The summed E-state index contributed by atoms with van der Waals surface area (Å²) in [4.78, 5) is 17.4. The zero-order chi connectivity index (χ0) is 18.2. The van der Waals surface area contributed by atoms with Crippen LogP contribution in [0, 0.1) is 0 Å². The minimum absolute atomic E-state index is 0.0860. The lowest BCUT2D eigenvalue weighted by atomic mass is 10.2. The minimum Gasteiger partial charge on any atom is -0.497 e. The molecule has 0 fully saturated rings. The predicted molar refractivity (Wildman–Crippen MR) is 94.3 cm³/mol. The van der Waals surface area contributed by atoms with Gasteiger partial charge in [-0.15, -0.1) is 0 Å². The fraction of sp³-hybridized carbons (Fsp3) is 0.222. The van der Waals surface area contributed by atoms with Gasteiger partial charge in [0.2, 0.25) is 0 Å². The fourth-order valence-corrected chi connectivity index (χ4v) is 1.99. The summed E-state index contributed by atoms with van der Waals surface area (Å²) in [5.74, 6) is 0.302. The number of hydrogen-bond acceptors (Lipinski definition) is 6. The molecule has 2 aromatic carbocycles. The summed E-state index contributed by atoms with van der Waals surface area (Å²) in [7, 11) is 3.02. The summed E-state index contributed by atoms with van der Waals surface area (Å²) >= 11 is 5.77. The van der Waals surface area contributed by atoms with Gasteiger partial charge in [-0.05, 0) is 42.4 Å². The minimum atomic E-state index is -0.706. The van der Waals surface area contributed by atoms with Crippen LogP contribution in [0.1, 0.15) is 22.8 Å². The highest BCUT2D eigenvalue weighted by molar-refractivity contribution is 6.19. The highest BCUT2D eigenvalue weighted by Gasteiger charge is 2.19. The molecule has 0 aromatic heterocycles. The van der Waals surface area contributed by atoms with Crippen molar-refractivity contribution in [2.75, 3.05) is 14.2 Å². The summed E-state index contributed by atoms with van der Waals surface area (Å²) in [6.45, 7) is 1.59. The molecule has 0 radical (unpaired) electrons. The largest absolute Gasteiger partial charge is 0.497 e. The van der Waals surface area contributed by atoms with Gasteiger partial charge in [0.05, 0.1) is 25.3 Å². The maximum atomic E-state index is 12.4. The highest BCUT2D eigenvalue weighted by Crippen LogP contribution is 2.26. The van der Waals surface area contributed by atoms with E-state index < -0.39 is 11.5 Å². The van der Waals surface area contributed by atoms with E-state index in [0.29, 0.717) is 22.6 Å². The van der Waals surface area contributed by atoms with Crippen molar-refractivity contribution in [3.8, 4) is 11.5 Å². The van der Waals surface area contributed by atoms with E-state index in [-0.39, 0.29) is 5.90 Å². The van der Waals surface area contributed by atoms with Crippen LogP contribution in [0.15, 0.2) is 53.7 Å². The molecule has 0 aliphatic carbocycles. The Morgan fingerprint density at radius 2 is 1.80 bits per heavy atom. The number of carbonyl (C=O) groups is 1. The lowest BCUT2D eigenvalue weighted by molar-refractivity contribution is 0.0682. The molecule has 1 unspecified atom stereocenters. The Balaban J connectivity index is 2.40. The summed E-state index contributed by atoms with van der Waals surface area (Å²) in [6.07, 6.45) is 0. The molecule has 0 saturated heterocycles. The first-order chi connectivity index (χ1) is 12.0. The molecule has 0 aliphatic heterocycles. The van der Waals surface area contributed by atoms with Crippen LogP contribution in [0.2, 0.25) is 0 Å². The van der Waals surface area contributed by atoms with Crippen molar-refractivity contribution >= 4 is 23.5 Å². The number of rotatable bonds is 6. The third kappa shape index (κ3) is 5.12. The number of methoxy groups -OCH3 is 2. The molecule has 0 amide bonds. The predicted octanol–water partition coefficient (Wildman–Crippen LogP) is 3.82. The number of halogens is 1. The summed E-state index contributed by atoms with van der Waals surface area (Å²) < 4.78 is 15.9. The maximum absolute atomic E-state index is 12.4. The first-order valence-corrected chi connectivity index (χ1v) is 7.86. The second-order valence-corrected chi connectivity index (χ2v) is 5.48. The molecule has 0 aliphatic rings. The van der Waals surface area contributed by atoms with Crippen molar-refractivity contribution < 1.29 is 23.8 Å².